The Labute approximate surface area is 183 Å². The van der Waals surface area contributed by atoms with Crippen molar-refractivity contribution in [1.82, 2.24) is 25.2 Å². The molecule has 0 spiro atoms. The van der Waals surface area contributed by atoms with Crippen LogP contribution in [0.25, 0.3) is 10.9 Å². The number of halogens is 1. The maximum absolute atomic E-state index is 12.4. The van der Waals surface area contributed by atoms with Gasteiger partial charge in [-0.3, -0.25) is 14.7 Å². The number of nitrogens with zero attached hydrogens (tertiary/aromatic N) is 4. The molecule has 154 valence electrons. The van der Waals surface area contributed by atoms with Crippen molar-refractivity contribution < 1.29 is 4.79 Å². The summed E-state index contributed by atoms with van der Waals surface area (Å²) >= 11 is 3.48. The Hall–Kier alpha value is -2.68. The molecule has 1 aliphatic rings. The third-order valence-corrected chi connectivity index (χ3v) is 5.39. The highest BCUT2D eigenvalue weighted by Gasteiger charge is 2.10. The zero-order valence-corrected chi connectivity index (χ0v) is 18.1. The van der Waals surface area contributed by atoms with Crippen LogP contribution in [0.15, 0.2) is 59.5 Å². The zero-order valence-electron chi connectivity index (χ0n) is 16.5. The lowest BCUT2D eigenvalue weighted by Crippen LogP contribution is -2.43. The molecule has 3 aromatic rings. The van der Waals surface area contributed by atoms with Gasteiger partial charge in [0, 0.05) is 54.0 Å². The summed E-state index contributed by atoms with van der Waals surface area (Å²) in [5.41, 5.74) is 2.34. The van der Waals surface area contributed by atoms with E-state index in [1.54, 1.807) is 12.3 Å². The molecule has 1 aliphatic heterocycles. The van der Waals surface area contributed by atoms with Crippen molar-refractivity contribution in [2.45, 2.75) is 6.42 Å². The van der Waals surface area contributed by atoms with Crippen LogP contribution in [0.2, 0.25) is 0 Å². The standard InChI is InChI=1S/C22H23BrN6O/c23-16-3-1-4-17(11-16)28-22-20-13-18(25-14-21(20)26-15-27-22)12-19(30)5-2-8-29-9-6-24-7-10-29/h1-5,11,13-15,24H,6-10,12H2,(H,26,27,28)/b5-2+. The van der Waals surface area contributed by atoms with Crippen LogP contribution in [0.3, 0.4) is 0 Å². The Kier molecular flexibility index (Phi) is 6.78. The molecule has 30 heavy (non-hydrogen) atoms. The molecule has 2 aromatic heterocycles. The summed E-state index contributed by atoms with van der Waals surface area (Å²) in [4.78, 5) is 27.8. The van der Waals surface area contributed by atoms with Crippen LogP contribution in [0.1, 0.15) is 5.69 Å². The van der Waals surface area contributed by atoms with E-state index in [9.17, 15) is 4.79 Å². The van der Waals surface area contributed by atoms with E-state index in [0.29, 0.717) is 11.5 Å². The number of piperazine rings is 1. The van der Waals surface area contributed by atoms with Crippen LogP contribution in [0, 0.1) is 0 Å². The summed E-state index contributed by atoms with van der Waals surface area (Å²) in [5, 5.41) is 7.48. The van der Waals surface area contributed by atoms with Gasteiger partial charge in [0.2, 0.25) is 0 Å². The molecular weight excluding hydrogens is 444 g/mol. The number of anilines is 2. The fraction of sp³-hybridized carbons (Fsp3) is 0.273. The molecule has 0 unspecified atom stereocenters. The minimum Gasteiger partial charge on any atom is -0.340 e. The van der Waals surface area contributed by atoms with E-state index in [2.05, 4.69) is 46.4 Å². The fourth-order valence-electron chi connectivity index (χ4n) is 3.37. The van der Waals surface area contributed by atoms with E-state index in [1.165, 1.54) is 6.33 Å². The van der Waals surface area contributed by atoms with Gasteiger partial charge in [-0.25, -0.2) is 9.97 Å². The third-order valence-electron chi connectivity index (χ3n) is 4.90. The number of ketones is 1. The van der Waals surface area contributed by atoms with E-state index in [-0.39, 0.29) is 12.2 Å². The van der Waals surface area contributed by atoms with Crippen molar-refractivity contribution in [2.24, 2.45) is 0 Å². The van der Waals surface area contributed by atoms with Crippen molar-refractivity contribution in [3.63, 3.8) is 0 Å². The number of aromatic nitrogens is 3. The molecule has 0 radical (unpaired) electrons. The highest BCUT2D eigenvalue weighted by atomic mass is 79.9. The summed E-state index contributed by atoms with van der Waals surface area (Å²) in [6, 6.07) is 9.74. The summed E-state index contributed by atoms with van der Waals surface area (Å²) in [6.45, 7) is 4.83. The van der Waals surface area contributed by atoms with Gasteiger partial charge in [-0.1, -0.05) is 28.1 Å². The molecule has 7 nitrogen and oxygen atoms in total. The number of rotatable bonds is 7. The van der Waals surface area contributed by atoms with Gasteiger partial charge in [0.1, 0.15) is 12.1 Å². The molecule has 1 fully saturated rings. The number of fused-ring (bicyclic) bond motifs is 1. The molecule has 0 saturated carbocycles. The van der Waals surface area contributed by atoms with Crippen molar-refractivity contribution >= 4 is 44.1 Å². The van der Waals surface area contributed by atoms with Crippen LogP contribution >= 0.6 is 15.9 Å². The van der Waals surface area contributed by atoms with E-state index < -0.39 is 0 Å². The quantitative estimate of drug-likeness (QED) is 0.517. The topological polar surface area (TPSA) is 83.0 Å². The lowest BCUT2D eigenvalue weighted by atomic mass is 10.1. The zero-order chi connectivity index (χ0) is 20.8. The van der Waals surface area contributed by atoms with E-state index in [1.807, 2.05) is 36.4 Å². The normalized spacial score (nSPS) is 15.0. The van der Waals surface area contributed by atoms with E-state index in [0.717, 1.165) is 53.8 Å². The molecule has 0 bridgehead atoms. The molecule has 0 aliphatic carbocycles. The molecule has 8 heteroatoms. The minimum atomic E-state index is 0.0373. The second kappa shape index (κ2) is 9.88. The molecular formula is C22H23BrN6O. The minimum absolute atomic E-state index is 0.0373. The Morgan fingerprint density at radius 1 is 1.20 bits per heavy atom. The third kappa shape index (κ3) is 5.47. The van der Waals surface area contributed by atoms with Gasteiger partial charge in [-0.2, -0.15) is 0 Å². The second-order valence-electron chi connectivity index (χ2n) is 7.15. The lowest BCUT2D eigenvalue weighted by molar-refractivity contribution is -0.114. The first-order valence-electron chi connectivity index (χ1n) is 9.92. The van der Waals surface area contributed by atoms with Gasteiger partial charge in [0.05, 0.1) is 18.1 Å². The number of allylic oxidation sites excluding steroid dienone is 1. The maximum Gasteiger partial charge on any atom is 0.161 e. The highest BCUT2D eigenvalue weighted by Crippen LogP contribution is 2.25. The Balaban J connectivity index is 1.46. The largest absolute Gasteiger partial charge is 0.340 e. The average molecular weight is 467 g/mol. The number of hydrogen-bond donors (Lipinski definition) is 2. The van der Waals surface area contributed by atoms with Crippen LogP contribution in [0.5, 0.6) is 0 Å². The molecule has 3 heterocycles. The fourth-order valence-corrected chi connectivity index (χ4v) is 3.77. The number of pyridine rings is 1. The van der Waals surface area contributed by atoms with Crippen LogP contribution in [-0.4, -0.2) is 58.4 Å². The molecule has 4 rings (SSSR count). The molecule has 1 aromatic carbocycles. The van der Waals surface area contributed by atoms with Gasteiger partial charge in [-0.15, -0.1) is 0 Å². The summed E-state index contributed by atoms with van der Waals surface area (Å²) in [5.74, 6) is 0.721. The van der Waals surface area contributed by atoms with Crippen LogP contribution in [-0.2, 0) is 11.2 Å². The summed E-state index contributed by atoms with van der Waals surface area (Å²) in [7, 11) is 0. The lowest BCUT2D eigenvalue weighted by Gasteiger charge is -2.25. The number of hydrogen-bond acceptors (Lipinski definition) is 7. The predicted octanol–water partition coefficient (Wildman–Crippen LogP) is 3.10. The first-order valence-corrected chi connectivity index (χ1v) is 10.7. The molecule has 2 N–H and O–H groups in total. The number of carbonyl (C=O) groups is 1. The van der Waals surface area contributed by atoms with E-state index >= 15 is 0 Å². The average Bonchev–Trinajstić information content (AvgIpc) is 2.75. The van der Waals surface area contributed by atoms with Crippen molar-refractivity contribution in [3.8, 4) is 0 Å². The highest BCUT2D eigenvalue weighted by molar-refractivity contribution is 9.10. The van der Waals surface area contributed by atoms with Crippen molar-refractivity contribution in [2.75, 3.05) is 38.0 Å². The van der Waals surface area contributed by atoms with E-state index in [4.69, 9.17) is 0 Å². The number of carbonyl (C=O) groups excluding carboxylic acids is 1. The van der Waals surface area contributed by atoms with Gasteiger partial charge in [0.15, 0.2) is 5.78 Å². The summed E-state index contributed by atoms with van der Waals surface area (Å²) in [6.07, 6.45) is 7.05. The van der Waals surface area contributed by atoms with Gasteiger partial charge in [0.25, 0.3) is 0 Å². The predicted molar refractivity (Wildman–Crippen MR) is 122 cm³/mol. The van der Waals surface area contributed by atoms with Crippen LogP contribution < -0.4 is 10.6 Å². The number of nitrogens with one attached hydrogen (secondary N) is 2. The SMILES string of the molecule is O=C(/C=C/CN1CCNCC1)Cc1cc2c(Nc3cccc(Br)c3)ncnc2cn1. The Morgan fingerprint density at radius 3 is 2.90 bits per heavy atom. The smallest absolute Gasteiger partial charge is 0.161 e. The maximum atomic E-state index is 12.4. The van der Waals surface area contributed by atoms with Gasteiger partial charge >= 0.3 is 0 Å². The summed E-state index contributed by atoms with van der Waals surface area (Å²) < 4.78 is 0.978. The molecule has 1 saturated heterocycles. The first-order chi connectivity index (χ1) is 14.7. The van der Waals surface area contributed by atoms with Crippen molar-refractivity contribution in [3.05, 3.63) is 65.2 Å². The molecule has 0 amide bonds. The second-order valence-corrected chi connectivity index (χ2v) is 8.06. The molecule has 0 atom stereocenters. The Morgan fingerprint density at radius 2 is 2.07 bits per heavy atom. The first kappa shape index (κ1) is 20.6. The van der Waals surface area contributed by atoms with Crippen LogP contribution in [0.4, 0.5) is 11.5 Å². The number of benzene rings is 1. The van der Waals surface area contributed by atoms with Gasteiger partial charge < -0.3 is 10.6 Å². The Bertz CT molecular complexity index is 1060. The van der Waals surface area contributed by atoms with Crippen molar-refractivity contribution in [1.29, 1.82) is 0 Å². The van der Waals surface area contributed by atoms with Gasteiger partial charge in [-0.05, 0) is 30.3 Å². The monoisotopic (exact) mass is 466 g/mol.